The van der Waals surface area contributed by atoms with Crippen molar-refractivity contribution in [2.75, 3.05) is 73.8 Å². The minimum absolute atomic E-state index is 0. The smallest absolute Gasteiger partial charge is 0.338 e. The molecule has 360 valence electrons. The van der Waals surface area contributed by atoms with Crippen LogP contribution in [-0.4, -0.2) is 124 Å². The van der Waals surface area contributed by atoms with Gasteiger partial charge in [0.2, 0.25) is 11.7 Å². The van der Waals surface area contributed by atoms with Crippen LogP contribution in [0.25, 0.3) is 45.6 Å². The van der Waals surface area contributed by atoms with E-state index in [1.165, 1.54) is 47.4 Å². The van der Waals surface area contributed by atoms with Crippen LogP contribution in [0.3, 0.4) is 0 Å². The highest BCUT2D eigenvalue weighted by molar-refractivity contribution is 6.08. The van der Waals surface area contributed by atoms with Gasteiger partial charge in [-0.15, -0.1) is 0 Å². The Balaban J connectivity index is 0.000000240. The van der Waals surface area contributed by atoms with Gasteiger partial charge in [0.25, 0.3) is 0 Å². The number of ketones is 1. The summed E-state index contributed by atoms with van der Waals surface area (Å²) in [4.78, 5) is 38.9. The number of halogens is 5. The molecule has 0 aliphatic rings. The van der Waals surface area contributed by atoms with E-state index in [1.54, 1.807) is 48.1 Å². The minimum Gasteiger partial charge on any atom is -1.00 e. The topological polar surface area (TPSA) is 191 Å². The standard InChI is InChI=1S/C22H24F2N6O.C16H13F2N3O2.C8H20N4.ClH/c1-22(2,13-29(3)4)12-26-20-25-8-7-17(27-20)19-18(28-21-30(19)9-10-31-21)15-6-5-14(23)11-16(15)24;1-20(2)6-5-13(22)15-14(19-16-21(15)7-8-23-16)11-4-3-10(17)9-12(11)18;1-8(2,6-12(3)4)5-11-7(9)10;/h5-11H,12-13H2,1-4H3,(H,25,26,27);3-9H,1-2H3;5-6H2,1-4H3,(H4,9,10,11);1H. The first-order valence-electron chi connectivity index (χ1n) is 20.7. The van der Waals surface area contributed by atoms with Crippen LogP contribution in [0.4, 0.5) is 23.5 Å². The van der Waals surface area contributed by atoms with Crippen molar-refractivity contribution in [3.63, 3.8) is 0 Å². The van der Waals surface area contributed by atoms with Crippen molar-refractivity contribution < 1.29 is 48.6 Å². The van der Waals surface area contributed by atoms with Crippen molar-refractivity contribution in [3.05, 3.63) is 115 Å². The summed E-state index contributed by atoms with van der Waals surface area (Å²) in [6.07, 6.45) is 10.6. The van der Waals surface area contributed by atoms with Crippen molar-refractivity contribution in [1.82, 2.24) is 43.4 Å². The van der Waals surface area contributed by atoms with Crippen LogP contribution in [0, 0.1) is 34.1 Å². The van der Waals surface area contributed by atoms with Gasteiger partial charge in [0.15, 0.2) is 0 Å². The third-order valence-electron chi connectivity index (χ3n) is 9.54. The Labute approximate surface area is 392 Å². The predicted molar refractivity (Wildman–Crippen MR) is 246 cm³/mol. The molecule has 5 aromatic heterocycles. The Morgan fingerprint density at radius 1 is 0.776 bits per heavy atom. The van der Waals surface area contributed by atoms with Crippen molar-refractivity contribution in [1.29, 1.82) is 0 Å². The second-order valence-corrected chi connectivity index (χ2v) is 17.9. The molecule has 21 heteroatoms. The number of oxazole rings is 2. The van der Waals surface area contributed by atoms with Gasteiger partial charge in [-0.25, -0.2) is 27.5 Å². The molecule has 16 nitrogen and oxygen atoms in total. The van der Waals surface area contributed by atoms with Gasteiger partial charge in [0.05, 0.1) is 12.2 Å². The number of guanidine groups is 1. The zero-order valence-electron chi connectivity index (χ0n) is 39.2. The Kier molecular flexibility index (Phi) is 17.8. The Bertz CT molecular complexity index is 2810. The summed E-state index contributed by atoms with van der Waals surface area (Å²) < 4.78 is 68.8. The van der Waals surface area contributed by atoms with E-state index in [2.05, 4.69) is 81.8 Å². The van der Waals surface area contributed by atoms with Crippen LogP contribution in [0.2, 0.25) is 0 Å². The first kappa shape index (κ1) is 52.9. The molecule has 0 fully saturated rings. The minimum atomic E-state index is -0.795. The lowest BCUT2D eigenvalue weighted by Gasteiger charge is -2.28. The number of hydrogen-bond acceptors (Lipinski definition) is 11. The number of carbonyl (C=O) groups excluding carboxylic acids is 1. The summed E-state index contributed by atoms with van der Waals surface area (Å²) >= 11 is 0. The van der Waals surface area contributed by atoms with Gasteiger partial charge in [-0.1, -0.05) is 27.7 Å². The van der Waals surface area contributed by atoms with Gasteiger partial charge in [-0.3, -0.25) is 30.1 Å². The molecule has 0 saturated carbocycles. The summed E-state index contributed by atoms with van der Waals surface area (Å²) in [5.41, 5.74) is 12.6. The van der Waals surface area contributed by atoms with E-state index < -0.39 is 23.3 Å². The number of aromatic nitrogens is 6. The molecule has 0 bridgehead atoms. The molecule has 0 aliphatic carbocycles. The average Bonchev–Trinajstić information content (AvgIpc) is 4.01. The van der Waals surface area contributed by atoms with Crippen molar-refractivity contribution >= 4 is 29.4 Å². The Hall–Kier alpha value is -6.77. The summed E-state index contributed by atoms with van der Waals surface area (Å²) in [5, 5.41) is 3.29. The first-order valence-corrected chi connectivity index (χ1v) is 20.7. The average molecular weight is 953 g/mol. The number of imidazole rings is 2. The van der Waals surface area contributed by atoms with Gasteiger partial charge in [0.1, 0.15) is 58.6 Å². The molecule has 0 spiro atoms. The van der Waals surface area contributed by atoms with Gasteiger partial charge in [-0.05, 0) is 63.9 Å². The lowest BCUT2D eigenvalue weighted by atomic mass is 9.93. The molecule has 0 amide bonds. The van der Waals surface area contributed by atoms with Crippen LogP contribution in [0.5, 0.6) is 0 Å². The van der Waals surface area contributed by atoms with Gasteiger partial charge in [0, 0.05) is 93.3 Å². The Morgan fingerprint density at radius 3 is 1.87 bits per heavy atom. The fourth-order valence-corrected chi connectivity index (χ4v) is 7.15. The number of nitrogens with two attached hydrogens (primary N) is 2. The van der Waals surface area contributed by atoms with E-state index >= 15 is 0 Å². The molecule has 0 saturated heterocycles. The molecule has 7 rings (SSSR count). The maximum absolute atomic E-state index is 14.5. The predicted octanol–water partition coefficient (Wildman–Crippen LogP) is 2.39. The van der Waals surface area contributed by atoms with Crippen LogP contribution in [0.1, 0.15) is 38.2 Å². The fraction of sp³-hybridized carbons (Fsp3) is 0.348. The van der Waals surface area contributed by atoms with E-state index in [1.807, 2.05) is 14.1 Å². The highest BCUT2D eigenvalue weighted by Gasteiger charge is 2.25. The van der Waals surface area contributed by atoms with E-state index in [-0.39, 0.29) is 63.2 Å². The number of benzene rings is 2. The number of nitrogens with one attached hydrogen (secondary N) is 2. The number of nitrogens with zero attached hydrogens (tertiary/aromatic N) is 9. The van der Waals surface area contributed by atoms with Crippen LogP contribution >= 0.6 is 0 Å². The van der Waals surface area contributed by atoms with E-state index in [9.17, 15) is 22.4 Å². The van der Waals surface area contributed by atoms with Gasteiger partial charge >= 0.3 is 17.6 Å². The molecule has 2 aromatic carbocycles. The number of fused-ring (bicyclic) bond motifs is 2. The van der Waals surface area contributed by atoms with E-state index in [0.29, 0.717) is 35.5 Å². The molecule has 5 heterocycles. The largest absolute Gasteiger partial charge is 1.00 e. The van der Waals surface area contributed by atoms with Crippen LogP contribution in [-0.2, 0) is 0 Å². The monoisotopic (exact) mass is 951 g/mol. The van der Waals surface area contributed by atoms with Crippen molar-refractivity contribution in [2.24, 2.45) is 22.3 Å². The number of anilines is 1. The van der Waals surface area contributed by atoms with Gasteiger partial charge in [-0.2, -0.15) is 9.97 Å². The zero-order valence-corrected chi connectivity index (χ0v) is 40.0. The molecule has 67 heavy (non-hydrogen) atoms. The lowest BCUT2D eigenvalue weighted by Crippen LogP contribution is -3.00. The fourth-order valence-electron chi connectivity index (χ4n) is 7.15. The number of carbonyl (C=O) groups is 1. The van der Waals surface area contributed by atoms with Crippen LogP contribution < -0.4 is 34.2 Å². The third kappa shape index (κ3) is 14.4. The van der Waals surface area contributed by atoms with E-state index in [0.717, 1.165) is 37.8 Å². The molecular weight excluding hydrogens is 894 g/mol. The van der Waals surface area contributed by atoms with E-state index in [4.69, 9.17) is 20.3 Å². The zero-order chi connectivity index (χ0) is 48.5. The summed E-state index contributed by atoms with van der Waals surface area (Å²) in [6.45, 7) is 12.0. The number of allylic oxidation sites excluding steroid dienone is 1. The normalized spacial score (nSPS) is 11.6. The molecular formula is C46H58ClF4N13O3. The summed E-state index contributed by atoms with van der Waals surface area (Å²) in [7, 11) is 11.7. The van der Waals surface area contributed by atoms with Crippen LogP contribution in [0.15, 0.2) is 94.7 Å². The lowest BCUT2D eigenvalue weighted by molar-refractivity contribution is -0.476. The maximum atomic E-state index is 14.5. The molecule has 0 unspecified atom stereocenters. The van der Waals surface area contributed by atoms with Crippen molar-refractivity contribution in [3.8, 4) is 33.9 Å². The highest BCUT2D eigenvalue weighted by Crippen LogP contribution is 2.34. The number of rotatable bonds is 15. The van der Waals surface area contributed by atoms with Gasteiger partial charge < -0.3 is 41.3 Å². The Morgan fingerprint density at radius 2 is 1.31 bits per heavy atom. The molecule has 0 radical (unpaired) electrons. The highest BCUT2D eigenvalue weighted by atomic mass is 35.5. The molecule has 6 N–H and O–H groups in total. The second-order valence-electron chi connectivity index (χ2n) is 17.9. The SMILES string of the molecule is CN(C)C=CC(=O)c1c(-c2ccc(F)cc2F)nc2occn12.CN(C)CC(C)(C)CNc1nccc(-c2c(-c3ccc(F)cc3F)nc3occn23)n1.CN(C)CC(C)(C)C[NH+]=C(N)N.[Cl-]. The maximum Gasteiger partial charge on any atom is 0.338 e. The summed E-state index contributed by atoms with van der Waals surface area (Å²) in [6, 6.07) is 8.23. The third-order valence-corrected chi connectivity index (χ3v) is 9.54. The molecule has 0 atom stereocenters. The second kappa shape index (κ2) is 22.6. The summed E-state index contributed by atoms with van der Waals surface area (Å²) in [5.74, 6) is -2.04. The quantitative estimate of drug-likeness (QED) is 0.0386. The molecule has 7 aromatic rings. The van der Waals surface area contributed by atoms with Crippen molar-refractivity contribution in [2.45, 2.75) is 27.7 Å². The first-order chi connectivity index (χ1) is 31.0. The molecule has 0 aliphatic heterocycles. The number of hydrogen-bond donors (Lipinski definition) is 4.